The normalized spacial score (nSPS) is 16.6. The average Bonchev–Trinajstić information content (AvgIpc) is 2.58. The van der Waals surface area contributed by atoms with Crippen LogP contribution in [0.5, 0.6) is 0 Å². The molecule has 1 fully saturated rings. The zero-order chi connectivity index (χ0) is 17.7. The Bertz CT molecular complexity index is 947. The number of aromatic nitrogens is 1. The van der Waals surface area contributed by atoms with Crippen LogP contribution in [-0.2, 0) is 6.54 Å². The zero-order valence-corrected chi connectivity index (χ0v) is 17.3. The fourth-order valence-electron chi connectivity index (χ4n) is 3.52. The molecular formula is C17H19ClFN3O3SSi. The molecule has 6 nitrogen and oxygen atoms in total. The van der Waals surface area contributed by atoms with Crippen LogP contribution < -0.4 is 10.3 Å². The van der Waals surface area contributed by atoms with Crippen molar-refractivity contribution in [1.82, 2.24) is 9.47 Å². The van der Waals surface area contributed by atoms with Crippen molar-refractivity contribution in [3.63, 3.8) is 0 Å². The average molecular weight is 428 g/mol. The molecule has 144 valence electrons. The predicted molar refractivity (Wildman–Crippen MR) is 109 cm³/mol. The van der Waals surface area contributed by atoms with Crippen LogP contribution in [0.15, 0.2) is 22.0 Å². The van der Waals surface area contributed by atoms with Crippen LogP contribution in [0.3, 0.4) is 0 Å². The molecule has 2 aliphatic heterocycles. The summed E-state index contributed by atoms with van der Waals surface area (Å²) >= 11 is 1.54. The van der Waals surface area contributed by atoms with E-state index in [-0.39, 0.29) is 34.3 Å². The Morgan fingerprint density at radius 2 is 1.89 bits per heavy atom. The topological polar surface area (TPSA) is 65.8 Å². The van der Waals surface area contributed by atoms with Gasteiger partial charge in [0, 0.05) is 55.6 Å². The second kappa shape index (κ2) is 8.22. The molecule has 2 aliphatic rings. The van der Waals surface area contributed by atoms with Crippen LogP contribution in [0.25, 0.3) is 10.9 Å². The number of anilines is 1. The maximum atomic E-state index is 15.0. The molecule has 4 radical (unpaired) electrons. The lowest BCUT2D eigenvalue weighted by molar-refractivity contribution is 0.0695. The summed E-state index contributed by atoms with van der Waals surface area (Å²) in [4.78, 5) is 28.8. The number of halogens is 2. The number of benzene rings is 1. The third-order valence-corrected chi connectivity index (χ3v) is 5.93. The van der Waals surface area contributed by atoms with Gasteiger partial charge in [-0.3, -0.25) is 4.79 Å². The molecule has 3 heterocycles. The van der Waals surface area contributed by atoms with E-state index in [4.69, 9.17) is 0 Å². The van der Waals surface area contributed by atoms with Gasteiger partial charge in [-0.15, -0.1) is 24.2 Å². The Hall–Kier alpha value is -1.55. The number of carboxylic acid groups (broad SMARTS) is 1. The van der Waals surface area contributed by atoms with E-state index in [2.05, 4.69) is 4.90 Å². The first-order valence-electron chi connectivity index (χ1n) is 8.16. The van der Waals surface area contributed by atoms with Gasteiger partial charge in [-0.25, -0.2) is 9.18 Å². The number of nitrogens with zero attached hydrogens (tertiary/aromatic N) is 3. The molecule has 1 saturated heterocycles. The lowest BCUT2D eigenvalue weighted by Gasteiger charge is -2.36. The molecule has 2 aromatic rings. The largest absolute Gasteiger partial charge is 0.477 e. The highest BCUT2D eigenvalue weighted by atomic mass is 35.5. The summed E-state index contributed by atoms with van der Waals surface area (Å²) in [5.74, 6) is -1.01. The highest BCUT2D eigenvalue weighted by Gasteiger charge is 2.28. The minimum Gasteiger partial charge on any atom is -0.477 e. The van der Waals surface area contributed by atoms with Gasteiger partial charge < -0.3 is 19.5 Å². The molecule has 27 heavy (non-hydrogen) atoms. The van der Waals surface area contributed by atoms with Crippen molar-refractivity contribution in [3.8, 4) is 0 Å². The standard InChI is InChI=1S/C17H18FN3O3S.ClH.Si/c1-19-2-4-20(5-3-19)14-12(18)8-10-13-16(14)25-7-6-21(13)9-11(15(10)22)17(23)24;;/h8-9H,2-7H2,1H3,(H,23,24);1H;. The van der Waals surface area contributed by atoms with Gasteiger partial charge in [-0.1, -0.05) is 0 Å². The van der Waals surface area contributed by atoms with E-state index >= 15 is 0 Å². The second-order valence-electron chi connectivity index (χ2n) is 6.44. The van der Waals surface area contributed by atoms with Crippen LogP contribution in [0.1, 0.15) is 10.4 Å². The van der Waals surface area contributed by atoms with E-state index in [9.17, 15) is 19.1 Å². The lowest BCUT2D eigenvalue weighted by Crippen LogP contribution is -2.45. The number of hydrogen-bond donors (Lipinski definition) is 1. The van der Waals surface area contributed by atoms with E-state index in [1.54, 1.807) is 4.57 Å². The number of pyridine rings is 1. The van der Waals surface area contributed by atoms with Crippen molar-refractivity contribution in [3.05, 3.63) is 33.9 Å². The number of carbonyl (C=O) groups is 1. The maximum absolute atomic E-state index is 15.0. The van der Waals surface area contributed by atoms with Gasteiger partial charge in [0.2, 0.25) is 5.43 Å². The first-order chi connectivity index (χ1) is 12.0. The molecule has 0 atom stereocenters. The SMILES string of the molecule is CN1CCN(c2c(F)cc3c(=O)c(C(=O)O)cn4c3c2SCC4)CC1.Cl.[Si]. The van der Waals surface area contributed by atoms with Gasteiger partial charge in [0.05, 0.1) is 21.5 Å². The maximum Gasteiger partial charge on any atom is 0.341 e. The molecule has 0 amide bonds. The van der Waals surface area contributed by atoms with Crippen LogP contribution in [0, 0.1) is 5.82 Å². The number of thioether (sulfide) groups is 1. The molecule has 1 aromatic heterocycles. The second-order valence-corrected chi connectivity index (χ2v) is 7.55. The first-order valence-corrected chi connectivity index (χ1v) is 9.15. The zero-order valence-electron chi connectivity index (χ0n) is 14.7. The molecular weight excluding hydrogens is 409 g/mol. The van der Waals surface area contributed by atoms with Crippen LogP contribution in [0.2, 0.25) is 0 Å². The van der Waals surface area contributed by atoms with Gasteiger partial charge in [0.25, 0.3) is 0 Å². The minimum atomic E-state index is -1.28. The number of aromatic carboxylic acids is 1. The molecule has 0 spiro atoms. The summed E-state index contributed by atoms with van der Waals surface area (Å²) in [6.45, 7) is 3.76. The number of aryl methyl sites for hydroxylation is 1. The highest BCUT2D eigenvalue weighted by molar-refractivity contribution is 7.99. The molecule has 1 N–H and O–H groups in total. The summed E-state index contributed by atoms with van der Waals surface area (Å²) in [5, 5.41) is 9.41. The Morgan fingerprint density at radius 3 is 2.52 bits per heavy atom. The number of likely N-dealkylation sites (N-methyl/N-ethyl adjacent to an activating group) is 1. The summed E-state index contributed by atoms with van der Waals surface area (Å²) in [6.07, 6.45) is 1.39. The van der Waals surface area contributed by atoms with E-state index in [1.165, 1.54) is 24.0 Å². The van der Waals surface area contributed by atoms with Crippen molar-refractivity contribution in [2.75, 3.05) is 43.9 Å². The number of hydrogen-bond acceptors (Lipinski definition) is 5. The molecule has 0 aliphatic carbocycles. The molecule has 10 heteroatoms. The monoisotopic (exact) mass is 427 g/mol. The molecule has 4 rings (SSSR count). The molecule has 0 bridgehead atoms. The Labute approximate surface area is 170 Å². The third kappa shape index (κ3) is 3.61. The summed E-state index contributed by atoms with van der Waals surface area (Å²) in [6, 6.07) is 1.21. The van der Waals surface area contributed by atoms with Crippen LogP contribution in [-0.4, -0.2) is 70.5 Å². The van der Waals surface area contributed by atoms with Crippen molar-refractivity contribution < 1.29 is 14.3 Å². The lowest BCUT2D eigenvalue weighted by atomic mass is 10.1. The van der Waals surface area contributed by atoms with E-state index in [0.717, 1.165) is 31.1 Å². The summed E-state index contributed by atoms with van der Waals surface area (Å²) in [5.41, 5.74) is 0.270. The Kier molecular flexibility index (Phi) is 6.62. The van der Waals surface area contributed by atoms with Crippen molar-refractivity contribution in [2.24, 2.45) is 0 Å². The predicted octanol–water partition coefficient (Wildman–Crippen LogP) is 1.74. The summed E-state index contributed by atoms with van der Waals surface area (Å²) in [7, 11) is 2.04. The van der Waals surface area contributed by atoms with Gasteiger partial charge in [0.15, 0.2) is 0 Å². The van der Waals surface area contributed by atoms with Crippen LogP contribution >= 0.6 is 24.2 Å². The fourth-order valence-corrected chi connectivity index (χ4v) is 4.74. The Balaban J connectivity index is 0.00000131. The number of carboxylic acids is 1. The van der Waals surface area contributed by atoms with Gasteiger partial charge >= 0.3 is 5.97 Å². The molecule has 0 saturated carbocycles. The number of rotatable bonds is 2. The van der Waals surface area contributed by atoms with Gasteiger partial charge in [-0.2, -0.15) is 0 Å². The van der Waals surface area contributed by atoms with Crippen molar-refractivity contribution in [2.45, 2.75) is 11.4 Å². The van der Waals surface area contributed by atoms with Crippen LogP contribution in [0.4, 0.5) is 10.1 Å². The van der Waals surface area contributed by atoms with E-state index in [0.29, 0.717) is 23.5 Å². The number of piperazine rings is 1. The van der Waals surface area contributed by atoms with Crippen molar-refractivity contribution in [1.29, 1.82) is 0 Å². The molecule has 1 aromatic carbocycles. The van der Waals surface area contributed by atoms with Gasteiger partial charge in [-0.05, 0) is 13.1 Å². The fraction of sp³-hybridized carbons (Fsp3) is 0.412. The summed E-state index contributed by atoms with van der Waals surface area (Å²) < 4.78 is 16.7. The third-order valence-electron chi connectivity index (χ3n) is 4.87. The molecule has 0 unspecified atom stereocenters. The van der Waals surface area contributed by atoms with Crippen molar-refractivity contribution >= 4 is 57.7 Å². The van der Waals surface area contributed by atoms with Gasteiger partial charge in [0.1, 0.15) is 11.4 Å². The van der Waals surface area contributed by atoms with E-state index < -0.39 is 17.2 Å². The highest BCUT2D eigenvalue weighted by Crippen LogP contribution is 2.41. The smallest absolute Gasteiger partial charge is 0.341 e. The Morgan fingerprint density at radius 1 is 1.22 bits per heavy atom. The minimum absolute atomic E-state index is 0. The van der Waals surface area contributed by atoms with E-state index in [1.807, 2.05) is 11.9 Å². The first kappa shape index (κ1) is 21.7. The quantitative estimate of drug-likeness (QED) is 0.736.